The maximum atomic E-state index is 11.4. The van der Waals surface area contributed by atoms with Gasteiger partial charge in [0.1, 0.15) is 0 Å². The summed E-state index contributed by atoms with van der Waals surface area (Å²) in [7, 11) is -0.941. The average Bonchev–Trinajstić information content (AvgIpc) is 2.84. The molecule has 0 aliphatic carbocycles. The molecule has 1 fully saturated rings. The summed E-state index contributed by atoms with van der Waals surface area (Å²) in [6.45, 7) is 0.915. The molecule has 1 unspecified atom stereocenters. The fourth-order valence-corrected chi connectivity index (χ4v) is 3.83. The second-order valence-electron chi connectivity index (χ2n) is 4.46. The van der Waals surface area contributed by atoms with E-state index in [1.807, 2.05) is 11.9 Å². The van der Waals surface area contributed by atoms with Crippen LogP contribution in [0.3, 0.4) is 0 Å². The number of hydrogen-bond donors (Lipinski definition) is 1. The molecule has 17 heavy (non-hydrogen) atoms. The minimum Gasteiger partial charge on any atom is -0.360 e. The largest absolute Gasteiger partial charge is 0.360 e. The first-order valence-electron chi connectivity index (χ1n) is 5.55. The molecule has 6 nitrogen and oxygen atoms in total. The van der Waals surface area contributed by atoms with E-state index in [2.05, 4.69) is 5.16 Å². The Hall–Kier alpha value is -0.920. The second-order valence-corrected chi connectivity index (χ2v) is 6.69. The van der Waals surface area contributed by atoms with E-state index in [4.69, 9.17) is 10.3 Å². The Labute approximate surface area is 101 Å². The number of rotatable bonds is 4. The molecule has 0 saturated carbocycles. The molecule has 0 radical (unpaired) electrons. The molecule has 2 N–H and O–H groups in total. The van der Waals surface area contributed by atoms with Crippen LogP contribution in [0.15, 0.2) is 10.6 Å². The SMILES string of the molecule is CN(Cc1cc(CN)no1)C1CCS(=O)(=O)C1. The second kappa shape index (κ2) is 4.75. The van der Waals surface area contributed by atoms with Crippen molar-refractivity contribution in [3.63, 3.8) is 0 Å². The van der Waals surface area contributed by atoms with E-state index in [-0.39, 0.29) is 17.5 Å². The third kappa shape index (κ3) is 3.05. The molecule has 1 atom stereocenters. The van der Waals surface area contributed by atoms with Crippen molar-refractivity contribution >= 4 is 9.84 Å². The van der Waals surface area contributed by atoms with E-state index in [0.717, 1.165) is 5.76 Å². The Morgan fingerprint density at radius 2 is 2.41 bits per heavy atom. The van der Waals surface area contributed by atoms with Crippen molar-refractivity contribution in [3.05, 3.63) is 17.5 Å². The lowest BCUT2D eigenvalue weighted by atomic mass is 10.2. The van der Waals surface area contributed by atoms with Crippen LogP contribution in [0.5, 0.6) is 0 Å². The molecule has 0 amide bonds. The summed E-state index contributed by atoms with van der Waals surface area (Å²) in [5.41, 5.74) is 6.15. The van der Waals surface area contributed by atoms with E-state index >= 15 is 0 Å². The van der Waals surface area contributed by atoms with Gasteiger partial charge in [0.05, 0.1) is 23.7 Å². The van der Waals surface area contributed by atoms with Crippen LogP contribution in [-0.2, 0) is 22.9 Å². The Bertz CT molecular complexity index is 483. The quantitative estimate of drug-likeness (QED) is 0.802. The highest BCUT2D eigenvalue weighted by Crippen LogP contribution is 2.18. The lowest BCUT2D eigenvalue weighted by molar-refractivity contribution is 0.222. The summed E-state index contributed by atoms with van der Waals surface area (Å²) in [6.07, 6.45) is 0.691. The Morgan fingerprint density at radius 1 is 1.65 bits per heavy atom. The molecule has 2 heterocycles. The van der Waals surface area contributed by atoms with Crippen LogP contribution in [0, 0.1) is 0 Å². The summed E-state index contributed by atoms with van der Waals surface area (Å²) in [6, 6.07) is 1.88. The lowest BCUT2D eigenvalue weighted by Crippen LogP contribution is -2.31. The van der Waals surface area contributed by atoms with Crippen molar-refractivity contribution in [3.8, 4) is 0 Å². The van der Waals surface area contributed by atoms with E-state index in [1.54, 1.807) is 6.07 Å². The summed E-state index contributed by atoms with van der Waals surface area (Å²) < 4.78 is 27.9. The van der Waals surface area contributed by atoms with Crippen LogP contribution >= 0.6 is 0 Å². The van der Waals surface area contributed by atoms with Gasteiger partial charge in [-0.1, -0.05) is 5.16 Å². The molecule has 96 valence electrons. The van der Waals surface area contributed by atoms with Gasteiger partial charge in [-0.3, -0.25) is 4.90 Å². The molecule has 1 aliphatic heterocycles. The standard InChI is InChI=1S/C10H17N3O3S/c1-13(9-2-3-17(14,15)7-9)6-10-4-8(5-11)12-16-10/h4,9H,2-3,5-7,11H2,1H3. The fourth-order valence-electron chi connectivity index (χ4n) is 2.02. The van der Waals surface area contributed by atoms with Gasteiger partial charge in [-0.05, 0) is 13.5 Å². The lowest BCUT2D eigenvalue weighted by Gasteiger charge is -2.21. The van der Waals surface area contributed by atoms with Crippen LogP contribution in [-0.4, -0.2) is 43.1 Å². The molecule has 1 aromatic rings. The smallest absolute Gasteiger partial charge is 0.151 e. The number of nitrogens with two attached hydrogens (primary N) is 1. The molecular weight excluding hydrogens is 242 g/mol. The first-order chi connectivity index (χ1) is 8.00. The van der Waals surface area contributed by atoms with Crippen molar-refractivity contribution < 1.29 is 12.9 Å². The zero-order chi connectivity index (χ0) is 12.5. The highest BCUT2D eigenvalue weighted by Gasteiger charge is 2.30. The molecule has 0 bridgehead atoms. The van der Waals surface area contributed by atoms with Gasteiger partial charge in [0, 0.05) is 18.7 Å². The Balaban J connectivity index is 1.95. The molecule has 1 saturated heterocycles. The Kier molecular flexibility index (Phi) is 3.50. The summed E-state index contributed by atoms with van der Waals surface area (Å²) in [5, 5.41) is 3.80. The van der Waals surface area contributed by atoms with E-state index in [1.165, 1.54) is 0 Å². The molecule has 1 aliphatic rings. The highest BCUT2D eigenvalue weighted by molar-refractivity contribution is 7.91. The van der Waals surface area contributed by atoms with Gasteiger partial charge in [0.25, 0.3) is 0 Å². The molecule has 7 heteroatoms. The fraction of sp³-hybridized carbons (Fsp3) is 0.700. The first kappa shape index (κ1) is 12.5. The van der Waals surface area contributed by atoms with Crippen molar-refractivity contribution in [1.29, 1.82) is 0 Å². The van der Waals surface area contributed by atoms with Crippen LogP contribution < -0.4 is 5.73 Å². The first-order valence-corrected chi connectivity index (χ1v) is 7.37. The molecule has 2 rings (SSSR count). The zero-order valence-corrected chi connectivity index (χ0v) is 10.6. The third-order valence-corrected chi connectivity index (χ3v) is 4.80. The maximum absolute atomic E-state index is 11.4. The van der Waals surface area contributed by atoms with E-state index in [9.17, 15) is 8.42 Å². The number of sulfone groups is 1. The normalized spacial score (nSPS) is 23.4. The average molecular weight is 259 g/mol. The van der Waals surface area contributed by atoms with Gasteiger partial charge < -0.3 is 10.3 Å². The van der Waals surface area contributed by atoms with Gasteiger partial charge in [-0.15, -0.1) is 0 Å². The monoisotopic (exact) mass is 259 g/mol. The Morgan fingerprint density at radius 3 is 2.94 bits per heavy atom. The minimum absolute atomic E-state index is 0.0754. The van der Waals surface area contributed by atoms with Crippen molar-refractivity contribution in [2.45, 2.75) is 25.6 Å². The van der Waals surface area contributed by atoms with Gasteiger partial charge in [0.2, 0.25) is 0 Å². The number of aromatic nitrogens is 1. The molecule has 0 spiro atoms. The summed E-state index contributed by atoms with van der Waals surface area (Å²) in [5.74, 6) is 1.24. The third-order valence-electron chi connectivity index (χ3n) is 3.05. The summed E-state index contributed by atoms with van der Waals surface area (Å²) in [4.78, 5) is 1.99. The van der Waals surface area contributed by atoms with Crippen LogP contribution in [0.4, 0.5) is 0 Å². The van der Waals surface area contributed by atoms with Gasteiger partial charge in [-0.2, -0.15) is 0 Å². The number of hydrogen-bond acceptors (Lipinski definition) is 6. The molecule has 1 aromatic heterocycles. The molecular formula is C10H17N3O3S. The van der Waals surface area contributed by atoms with Crippen LogP contribution in [0.25, 0.3) is 0 Å². The predicted molar refractivity (Wildman–Crippen MR) is 62.9 cm³/mol. The van der Waals surface area contributed by atoms with Crippen LogP contribution in [0.1, 0.15) is 17.9 Å². The van der Waals surface area contributed by atoms with Crippen molar-refractivity contribution in [1.82, 2.24) is 10.1 Å². The van der Waals surface area contributed by atoms with E-state index < -0.39 is 9.84 Å². The minimum atomic E-state index is -2.84. The molecule has 0 aromatic carbocycles. The predicted octanol–water partition coefficient (Wildman–Crippen LogP) is -0.248. The van der Waals surface area contributed by atoms with Gasteiger partial charge >= 0.3 is 0 Å². The van der Waals surface area contributed by atoms with Crippen LogP contribution in [0.2, 0.25) is 0 Å². The zero-order valence-electron chi connectivity index (χ0n) is 9.80. The van der Waals surface area contributed by atoms with E-state index in [0.29, 0.717) is 25.2 Å². The number of nitrogens with zero attached hydrogens (tertiary/aromatic N) is 2. The van der Waals surface area contributed by atoms with Gasteiger partial charge in [-0.25, -0.2) is 8.42 Å². The summed E-state index contributed by atoms with van der Waals surface area (Å²) >= 11 is 0. The maximum Gasteiger partial charge on any atom is 0.151 e. The van der Waals surface area contributed by atoms with Crippen molar-refractivity contribution in [2.75, 3.05) is 18.6 Å². The van der Waals surface area contributed by atoms with Crippen molar-refractivity contribution in [2.24, 2.45) is 5.73 Å². The highest BCUT2D eigenvalue weighted by atomic mass is 32.2. The van der Waals surface area contributed by atoms with Gasteiger partial charge in [0.15, 0.2) is 15.6 Å². The topological polar surface area (TPSA) is 89.4 Å².